The van der Waals surface area contributed by atoms with Gasteiger partial charge in [-0.1, -0.05) is 51.7 Å². The molecule has 2 N–H and O–H groups in total. The van der Waals surface area contributed by atoms with Crippen molar-refractivity contribution >= 4 is 10.0 Å². The summed E-state index contributed by atoms with van der Waals surface area (Å²) >= 11 is 0. The predicted octanol–water partition coefficient (Wildman–Crippen LogP) is 1.74. The van der Waals surface area contributed by atoms with Crippen molar-refractivity contribution in [2.45, 2.75) is 38.6 Å². The number of aliphatic hydroxyl groups is 1. The molecule has 1 fully saturated rings. The number of hydrogen-bond acceptors (Lipinski definition) is 3. The molecule has 0 aromatic heterocycles. The third kappa shape index (κ3) is 2.71. The highest BCUT2D eigenvalue weighted by Gasteiger charge is 2.66. The second kappa shape index (κ2) is 5.13. The van der Waals surface area contributed by atoms with E-state index in [1.165, 1.54) is 6.07 Å². The average Bonchev–Trinajstić information content (AvgIpc) is 2.78. The van der Waals surface area contributed by atoms with Crippen molar-refractivity contribution < 1.29 is 13.5 Å². The van der Waals surface area contributed by atoms with Gasteiger partial charge in [-0.15, -0.1) is 0 Å². The number of nitrogens with one attached hydrogen (secondary N) is 1. The molecule has 1 aromatic rings. The summed E-state index contributed by atoms with van der Waals surface area (Å²) in [7, 11) is -3.63. The summed E-state index contributed by atoms with van der Waals surface area (Å²) in [6.07, 6.45) is 0. The van der Waals surface area contributed by atoms with Crippen LogP contribution in [0.4, 0.5) is 0 Å². The van der Waals surface area contributed by atoms with Crippen LogP contribution in [0.3, 0.4) is 0 Å². The number of sulfonamides is 1. The van der Waals surface area contributed by atoms with E-state index in [0.29, 0.717) is 5.56 Å². The van der Waals surface area contributed by atoms with E-state index in [-0.39, 0.29) is 28.4 Å². The van der Waals surface area contributed by atoms with E-state index >= 15 is 0 Å². The Bertz CT molecular complexity index is 695. The number of rotatable bonds is 3. The maximum atomic E-state index is 12.6. The van der Waals surface area contributed by atoms with E-state index in [2.05, 4.69) is 44.3 Å². The number of aliphatic hydroxyl groups excluding tert-OH is 1. The molecule has 1 aliphatic carbocycles. The van der Waals surface area contributed by atoms with Crippen LogP contribution in [0.5, 0.6) is 0 Å². The first kappa shape index (κ1) is 16.0. The van der Waals surface area contributed by atoms with Crippen LogP contribution < -0.4 is 4.72 Å². The third-order valence-electron chi connectivity index (χ3n) is 4.77. The van der Waals surface area contributed by atoms with Crippen LogP contribution in [0.25, 0.3) is 0 Å². The Morgan fingerprint density at radius 1 is 1.19 bits per heavy atom. The minimum Gasteiger partial charge on any atom is -0.384 e. The lowest BCUT2D eigenvalue weighted by molar-refractivity contribution is 0.350. The quantitative estimate of drug-likeness (QED) is 0.836. The van der Waals surface area contributed by atoms with Crippen LogP contribution in [0, 0.1) is 22.7 Å². The second-order valence-electron chi connectivity index (χ2n) is 6.45. The lowest BCUT2D eigenvalue weighted by atomic mass is 10.0. The van der Waals surface area contributed by atoms with Crippen LogP contribution in [0.15, 0.2) is 29.2 Å². The number of hydrogen-bond donors (Lipinski definition) is 2. The monoisotopic (exact) mass is 307 g/mol. The molecule has 0 spiro atoms. The minimum absolute atomic E-state index is 0.0776. The molecular formula is C16H21NO3S. The zero-order valence-corrected chi connectivity index (χ0v) is 13.6. The van der Waals surface area contributed by atoms with Gasteiger partial charge in [-0.05, 0) is 23.0 Å². The maximum Gasteiger partial charge on any atom is 0.242 e. The maximum absolute atomic E-state index is 12.6. The van der Waals surface area contributed by atoms with Crippen LogP contribution in [-0.4, -0.2) is 26.2 Å². The Kier molecular flexibility index (Phi) is 3.92. The molecule has 0 aliphatic heterocycles. The topological polar surface area (TPSA) is 66.4 Å². The molecule has 1 aromatic carbocycles. The van der Waals surface area contributed by atoms with Crippen molar-refractivity contribution in [3.05, 3.63) is 29.8 Å². The fourth-order valence-electron chi connectivity index (χ4n) is 2.65. The van der Waals surface area contributed by atoms with Crippen molar-refractivity contribution in [2.75, 3.05) is 6.61 Å². The van der Waals surface area contributed by atoms with Gasteiger partial charge in [0.05, 0.1) is 4.90 Å². The standard InChI is InChI=1S/C16H21NO3S/c1-15(2)14(16(15,3)4)17-21(19,20)13-10-6-5-8-12(13)9-7-11-18/h5-6,8,10,14,17-18H,11H2,1-4H3. The molecule has 114 valence electrons. The van der Waals surface area contributed by atoms with E-state index in [1.807, 2.05) is 0 Å². The van der Waals surface area contributed by atoms with Crippen molar-refractivity contribution in [3.63, 3.8) is 0 Å². The first-order chi connectivity index (χ1) is 9.64. The SMILES string of the molecule is CC1(C)C(NS(=O)(=O)c2ccccc2C#CCO)C1(C)C. The van der Waals surface area contributed by atoms with Crippen LogP contribution in [-0.2, 0) is 10.0 Å². The van der Waals surface area contributed by atoms with E-state index < -0.39 is 10.0 Å². The molecule has 0 atom stereocenters. The summed E-state index contributed by atoms with van der Waals surface area (Å²) in [6, 6.07) is 6.47. The highest BCUT2D eigenvalue weighted by Crippen LogP contribution is 2.62. The first-order valence-corrected chi connectivity index (χ1v) is 8.34. The largest absolute Gasteiger partial charge is 0.384 e. The van der Waals surface area contributed by atoms with Gasteiger partial charge in [0.2, 0.25) is 10.0 Å². The molecule has 5 heteroatoms. The van der Waals surface area contributed by atoms with Gasteiger partial charge in [0.25, 0.3) is 0 Å². The molecule has 0 heterocycles. The number of benzene rings is 1. The fourth-order valence-corrected chi connectivity index (χ4v) is 4.34. The summed E-state index contributed by atoms with van der Waals surface area (Å²) in [5.41, 5.74) is 0.243. The van der Waals surface area contributed by atoms with Gasteiger partial charge < -0.3 is 5.11 Å². The Balaban J connectivity index is 2.34. The molecular weight excluding hydrogens is 286 g/mol. The van der Waals surface area contributed by atoms with E-state index in [1.54, 1.807) is 18.2 Å². The molecule has 0 bridgehead atoms. The van der Waals surface area contributed by atoms with E-state index in [9.17, 15) is 8.42 Å². The molecule has 0 unspecified atom stereocenters. The van der Waals surface area contributed by atoms with Gasteiger partial charge in [-0.3, -0.25) is 0 Å². The molecule has 21 heavy (non-hydrogen) atoms. The molecule has 2 rings (SSSR count). The van der Waals surface area contributed by atoms with Gasteiger partial charge in [0.15, 0.2) is 0 Å². The Morgan fingerprint density at radius 2 is 1.76 bits per heavy atom. The normalized spacial score (nSPS) is 19.7. The zero-order chi connectivity index (χ0) is 15.9. The molecule has 0 amide bonds. The van der Waals surface area contributed by atoms with E-state index in [4.69, 9.17) is 5.11 Å². The lowest BCUT2D eigenvalue weighted by Crippen LogP contribution is -2.30. The Morgan fingerprint density at radius 3 is 2.29 bits per heavy atom. The van der Waals surface area contributed by atoms with Crippen molar-refractivity contribution in [1.82, 2.24) is 4.72 Å². The van der Waals surface area contributed by atoms with Crippen LogP contribution in [0.1, 0.15) is 33.3 Å². The minimum atomic E-state index is -3.63. The molecule has 0 radical (unpaired) electrons. The predicted molar refractivity (Wildman–Crippen MR) is 82.1 cm³/mol. The highest BCUT2D eigenvalue weighted by molar-refractivity contribution is 7.89. The van der Waals surface area contributed by atoms with Crippen LogP contribution >= 0.6 is 0 Å². The van der Waals surface area contributed by atoms with Crippen LogP contribution in [0.2, 0.25) is 0 Å². The second-order valence-corrected chi connectivity index (χ2v) is 8.14. The average molecular weight is 307 g/mol. The summed E-state index contributed by atoms with van der Waals surface area (Å²) in [4.78, 5) is 0.157. The van der Waals surface area contributed by atoms with Crippen molar-refractivity contribution in [1.29, 1.82) is 0 Å². The summed E-state index contributed by atoms with van der Waals surface area (Å²) < 4.78 is 28.0. The molecule has 0 saturated heterocycles. The van der Waals surface area contributed by atoms with Gasteiger partial charge >= 0.3 is 0 Å². The fraction of sp³-hybridized carbons (Fsp3) is 0.500. The van der Waals surface area contributed by atoms with Crippen molar-refractivity contribution in [3.8, 4) is 11.8 Å². The Labute approximate surface area is 126 Å². The Hall–Kier alpha value is -1.35. The smallest absolute Gasteiger partial charge is 0.242 e. The summed E-state index contributed by atoms with van der Waals surface area (Å²) in [6.45, 7) is 7.91. The van der Waals surface area contributed by atoms with Gasteiger partial charge in [-0.2, -0.15) is 0 Å². The summed E-state index contributed by atoms with van der Waals surface area (Å²) in [5.74, 6) is 5.18. The first-order valence-electron chi connectivity index (χ1n) is 6.85. The zero-order valence-electron chi connectivity index (χ0n) is 12.8. The molecule has 1 aliphatic rings. The van der Waals surface area contributed by atoms with Crippen molar-refractivity contribution in [2.24, 2.45) is 10.8 Å². The highest BCUT2D eigenvalue weighted by atomic mass is 32.2. The third-order valence-corrected chi connectivity index (χ3v) is 6.25. The molecule has 4 nitrogen and oxygen atoms in total. The molecule has 1 saturated carbocycles. The van der Waals surface area contributed by atoms with Gasteiger partial charge in [-0.25, -0.2) is 13.1 Å². The van der Waals surface area contributed by atoms with E-state index in [0.717, 1.165) is 0 Å². The summed E-state index contributed by atoms with van der Waals surface area (Å²) in [5, 5.41) is 8.78. The van der Waals surface area contributed by atoms with Gasteiger partial charge in [0, 0.05) is 11.6 Å². The lowest BCUT2D eigenvalue weighted by Gasteiger charge is -2.10. The van der Waals surface area contributed by atoms with Gasteiger partial charge in [0.1, 0.15) is 6.61 Å².